The molecule has 25 heavy (non-hydrogen) atoms. The van der Waals surface area contributed by atoms with E-state index in [0.29, 0.717) is 6.54 Å². The number of aliphatic imine (C=N–C) groups is 1. The molecule has 2 rings (SSSR count). The zero-order valence-corrected chi connectivity index (χ0v) is 15.4. The van der Waals surface area contributed by atoms with Crippen molar-refractivity contribution in [1.29, 1.82) is 0 Å². The first-order chi connectivity index (χ1) is 12.2. The van der Waals surface area contributed by atoms with Gasteiger partial charge in [0.25, 0.3) is 0 Å². The Morgan fingerprint density at radius 3 is 2.12 bits per heavy atom. The van der Waals surface area contributed by atoms with Gasteiger partial charge < -0.3 is 20.1 Å². The number of ether oxygens (including phenoxy) is 2. The molecule has 0 aromatic heterocycles. The van der Waals surface area contributed by atoms with Crippen LogP contribution < -0.4 is 20.1 Å². The quantitative estimate of drug-likeness (QED) is 0.600. The predicted molar refractivity (Wildman–Crippen MR) is 102 cm³/mol. The highest BCUT2D eigenvalue weighted by Crippen LogP contribution is 2.30. The van der Waals surface area contributed by atoms with Gasteiger partial charge in [-0.3, -0.25) is 4.99 Å². The second-order valence-corrected chi connectivity index (χ2v) is 5.55. The van der Waals surface area contributed by atoms with Crippen molar-refractivity contribution in [2.75, 3.05) is 21.3 Å². The number of benzene rings is 2. The predicted octanol–water partition coefficient (Wildman–Crippen LogP) is 3.13. The summed E-state index contributed by atoms with van der Waals surface area (Å²) in [5.74, 6) is 2.21. The summed E-state index contributed by atoms with van der Waals surface area (Å²) in [6.07, 6.45) is 1.02. The van der Waals surface area contributed by atoms with Crippen LogP contribution in [0.4, 0.5) is 0 Å². The molecule has 2 N–H and O–H groups in total. The van der Waals surface area contributed by atoms with E-state index in [9.17, 15) is 0 Å². The van der Waals surface area contributed by atoms with Gasteiger partial charge in [-0.25, -0.2) is 0 Å². The highest BCUT2D eigenvalue weighted by molar-refractivity contribution is 5.79. The lowest BCUT2D eigenvalue weighted by atomic mass is 10.1. The summed E-state index contributed by atoms with van der Waals surface area (Å²) >= 11 is 0. The van der Waals surface area contributed by atoms with Gasteiger partial charge in [0.1, 0.15) is 0 Å². The average molecular weight is 341 g/mol. The number of nitrogens with one attached hydrogen (secondary N) is 2. The summed E-state index contributed by atoms with van der Waals surface area (Å²) in [5, 5.41) is 6.69. The SMILES string of the molecule is CCc1ccccc1CNC(=NC)NCc1cccc(OC)c1OC. The third kappa shape index (κ3) is 4.89. The minimum Gasteiger partial charge on any atom is -0.493 e. The number of guanidine groups is 1. The molecular formula is C20H27N3O2. The Morgan fingerprint density at radius 2 is 1.52 bits per heavy atom. The second kappa shape index (κ2) is 9.57. The second-order valence-electron chi connectivity index (χ2n) is 5.55. The number of aryl methyl sites for hydroxylation is 1. The summed E-state index contributed by atoms with van der Waals surface area (Å²) in [4.78, 5) is 4.29. The van der Waals surface area contributed by atoms with Gasteiger partial charge >= 0.3 is 0 Å². The fourth-order valence-electron chi connectivity index (χ4n) is 2.75. The normalized spacial score (nSPS) is 11.1. The summed E-state index contributed by atoms with van der Waals surface area (Å²) < 4.78 is 10.8. The van der Waals surface area contributed by atoms with Crippen LogP contribution in [0.1, 0.15) is 23.6 Å². The minimum atomic E-state index is 0.593. The molecule has 5 heteroatoms. The molecule has 0 radical (unpaired) electrons. The number of nitrogens with zero attached hydrogens (tertiary/aromatic N) is 1. The van der Waals surface area contributed by atoms with E-state index in [1.165, 1.54) is 11.1 Å². The van der Waals surface area contributed by atoms with Crippen LogP contribution in [0.5, 0.6) is 11.5 Å². The first-order valence-electron chi connectivity index (χ1n) is 8.44. The van der Waals surface area contributed by atoms with Crippen molar-refractivity contribution in [3.63, 3.8) is 0 Å². The standard InChI is InChI=1S/C20H27N3O2/c1-5-15-9-6-7-10-16(15)13-22-20(21-2)23-14-17-11-8-12-18(24-3)19(17)25-4/h6-12H,5,13-14H2,1-4H3,(H2,21,22,23). The highest BCUT2D eigenvalue weighted by atomic mass is 16.5. The third-order valence-electron chi connectivity index (χ3n) is 4.10. The molecule has 2 aromatic rings. The Bertz CT molecular complexity index is 714. The van der Waals surface area contributed by atoms with E-state index in [2.05, 4.69) is 46.8 Å². The van der Waals surface area contributed by atoms with Crippen molar-refractivity contribution >= 4 is 5.96 Å². The molecule has 0 saturated carbocycles. The molecule has 0 saturated heterocycles. The van der Waals surface area contributed by atoms with Crippen LogP contribution in [0.15, 0.2) is 47.5 Å². The molecule has 0 amide bonds. The van der Waals surface area contributed by atoms with Gasteiger partial charge in [0, 0.05) is 25.7 Å². The Kier molecular flexibility index (Phi) is 7.14. The Labute approximate surface area is 150 Å². The number of rotatable bonds is 7. The largest absolute Gasteiger partial charge is 0.493 e. The lowest BCUT2D eigenvalue weighted by molar-refractivity contribution is 0.351. The zero-order chi connectivity index (χ0) is 18.1. The number of para-hydroxylation sites is 1. The fraction of sp³-hybridized carbons (Fsp3) is 0.350. The smallest absolute Gasteiger partial charge is 0.191 e. The zero-order valence-electron chi connectivity index (χ0n) is 15.4. The molecule has 0 heterocycles. The van der Waals surface area contributed by atoms with Crippen molar-refractivity contribution in [3.8, 4) is 11.5 Å². The molecule has 0 atom stereocenters. The summed E-state index contributed by atoms with van der Waals surface area (Å²) in [6.45, 7) is 3.50. The van der Waals surface area contributed by atoms with E-state index in [1.807, 2.05) is 18.2 Å². The Balaban J connectivity index is 1.99. The molecule has 0 bridgehead atoms. The number of hydrogen-bond acceptors (Lipinski definition) is 3. The van der Waals surface area contributed by atoms with Gasteiger partial charge in [-0.05, 0) is 23.6 Å². The van der Waals surface area contributed by atoms with Crippen molar-refractivity contribution in [2.45, 2.75) is 26.4 Å². The molecule has 0 unspecified atom stereocenters. The maximum absolute atomic E-state index is 5.47. The van der Waals surface area contributed by atoms with Gasteiger partial charge in [-0.2, -0.15) is 0 Å². The van der Waals surface area contributed by atoms with Gasteiger partial charge in [-0.15, -0.1) is 0 Å². The highest BCUT2D eigenvalue weighted by Gasteiger charge is 2.10. The molecular weight excluding hydrogens is 314 g/mol. The summed E-state index contributed by atoms with van der Waals surface area (Å²) in [6, 6.07) is 14.3. The van der Waals surface area contributed by atoms with E-state index < -0.39 is 0 Å². The van der Waals surface area contributed by atoms with Crippen LogP contribution in [0.25, 0.3) is 0 Å². The lowest BCUT2D eigenvalue weighted by Gasteiger charge is -2.16. The maximum atomic E-state index is 5.47. The van der Waals surface area contributed by atoms with Gasteiger partial charge in [0.15, 0.2) is 17.5 Å². The van der Waals surface area contributed by atoms with Crippen molar-refractivity contribution in [1.82, 2.24) is 10.6 Å². The van der Waals surface area contributed by atoms with E-state index in [4.69, 9.17) is 9.47 Å². The summed E-state index contributed by atoms with van der Waals surface area (Å²) in [7, 11) is 5.06. The Morgan fingerprint density at radius 1 is 0.880 bits per heavy atom. The topological polar surface area (TPSA) is 54.9 Å². The van der Waals surface area contributed by atoms with Crippen molar-refractivity contribution < 1.29 is 9.47 Å². The third-order valence-corrected chi connectivity index (χ3v) is 4.10. The van der Waals surface area contributed by atoms with E-state index in [0.717, 1.165) is 36.0 Å². The van der Waals surface area contributed by atoms with E-state index in [1.54, 1.807) is 21.3 Å². The van der Waals surface area contributed by atoms with Crippen LogP contribution in [0.2, 0.25) is 0 Å². The first kappa shape index (κ1) is 18.6. The van der Waals surface area contributed by atoms with E-state index in [-0.39, 0.29) is 0 Å². The number of methoxy groups -OCH3 is 2. The average Bonchev–Trinajstić information content (AvgIpc) is 2.67. The molecule has 134 valence electrons. The molecule has 5 nitrogen and oxygen atoms in total. The molecule has 0 aliphatic heterocycles. The van der Waals surface area contributed by atoms with Gasteiger partial charge in [-0.1, -0.05) is 43.3 Å². The van der Waals surface area contributed by atoms with Crippen LogP contribution in [0, 0.1) is 0 Å². The molecule has 0 aliphatic carbocycles. The maximum Gasteiger partial charge on any atom is 0.191 e. The fourth-order valence-corrected chi connectivity index (χ4v) is 2.75. The van der Waals surface area contributed by atoms with Crippen LogP contribution >= 0.6 is 0 Å². The number of hydrogen-bond donors (Lipinski definition) is 2. The molecule has 2 aromatic carbocycles. The van der Waals surface area contributed by atoms with Gasteiger partial charge in [0.05, 0.1) is 14.2 Å². The van der Waals surface area contributed by atoms with Crippen molar-refractivity contribution in [2.24, 2.45) is 4.99 Å². The lowest BCUT2D eigenvalue weighted by Crippen LogP contribution is -2.36. The molecule has 0 spiro atoms. The van der Waals surface area contributed by atoms with Crippen LogP contribution in [-0.2, 0) is 19.5 Å². The molecule has 0 fully saturated rings. The van der Waals surface area contributed by atoms with Crippen molar-refractivity contribution in [3.05, 3.63) is 59.2 Å². The van der Waals surface area contributed by atoms with Gasteiger partial charge in [0.2, 0.25) is 0 Å². The monoisotopic (exact) mass is 341 g/mol. The van der Waals surface area contributed by atoms with E-state index >= 15 is 0 Å². The van der Waals surface area contributed by atoms with Crippen LogP contribution in [0.3, 0.4) is 0 Å². The Hall–Kier alpha value is -2.69. The summed E-state index contributed by atoms with van der Waals surface area (Å²) in [5.41, 5.74) is 3.64. The van der Waals surface area contributed by atoms with Crippen LogP contribution in [-0.4, -0.2) is 27.2 Å². The first-order valence-corrected chi connectivity index (χ1v) is 8.44. The minimum absolute atomic E-state index is 0.593. The molecule has 0 aliphatic rings.